The molecule has 2 N–H and O–H groups in total. The smallest absolute Gasteiger partial charge is 0.0118 e. The molecule has 2 nitrogen and oxygen atoms in total. The third-order valence-corrected chi connectivity index (χ3v) is 4.09. The summed E-state index contributed by atoms with van der Waals surface area (Å²) in [5.41, 5.74) is 5.77. The van der Waals surface area contributed by atoms with Crippen molar-refractivity contribution in [2.45, 2.75) is 52.0 Å². The van der Waals surface area contributed by atoms with Gasteiger partial charge in [0.05, 0.1) is 0 Å². The lowest BCUT2D eigenvalue weighted by molar-refractivity contribution is 0.122. The van der Waals surface area contributed by atoms with Crippen molar-refractivity contribution in [1.29, 1.82) is 0 Å². The van der Waals surface area contributed by atoms with Gasteiger partial charge in [-0.2, -0.15) is 0 Å². The molecule has 0 aliphatic heterocycles. The molecule has 0 aromatic rings. The predicted octanol–water partition coefficient (Wildman–Crippen LogP) is 2.48. The van der Waals surface area contributed by atoms with Gasteiger partial charge >= 0.3 is 0 Å². The van der Waals surface area contributed by atoms with Gasteiger partial charge in [-0.15, -0.1) is 0 Å². The molecule has 15 heavy (non-hydrogen) atoms. The molecule has 0 bridgehead atoms. The van der Waals surface area contributed by atoms with Crippen molar-refractivity contribution in [2.24, 2.45) is 17.6 Å². The summed E-state index contributed by atoms with van der Waals surface area (Å²) in [5, 5.41) is 0. The highest BCUT2D eigenvalue weighted by Gasteiger charge is 2.25. The maximum atomic E-state index is 5.77. The molecule has 3 atom stereocenters. The fraction of sp³-hybridized carbons (Fsp3) is 1.00. The van der Waals surface area contributed by atoms with Crippen molar-refractivity contribution in [3.05, 3.63) is 0 Å². The van der Waals surface area contributed by atoms with E-state index in [2.05, 4.69) is 25.8 Å². The average molecular weight is 212 g/mol. The molecule has 1 aliphatic rings. The van der Waals surface area contributed by atoms with Crippen molar-refractivity contribution in [1.82, 2.24) is 4.90 Å². The summed E-state index contributed by atoms with van der Waals surface area (Å²) < 4.78 is 0. The van der Waals surface area contributed by atoms with Gasteiger partial charge in [0.25, 0.3) is 0 Å². The van der Waals surface area contributed by atoms with Crippen LogP contribution in [0, 0.1) is 11.8 Å². The first kappa shape index (κ1) is 13.0. The number of hydrogen-bond donors (Lipinski definition) is 1. The van der Waals surface area contributed by atoms with Crippen LogP contribution < -0.4 is 5.73 Å². The normalized spacial score (nSPS) is 29.4. The van der Waals surface area contributed by atoms with Crippen LogP contribution in [-0.4, -0.2) is 31.1 Å². The van der Waals surface area contributed by atoms with Gasteiger partial charge in [0.2, 0.25) is 0 Å². The van der Waals surface area contributed by atoms with Gasteiger partial charge in [-0.1, -0.05) is 33.1 Å². The maximum Gasteiger partial charge on any atom is 0.0118 e. The van der Waals surface area contributed by atoms with Gasteiger partial charge in [-0.05, 0) is 38.3 Å². The topological polar surface area (TPSA) is 29.3 Å². The lowest BCUT2D eigenvalue weighted by Crippen LogP contribution is -2.42. The van der Waals surface area contributed by atoms with E-state index in [9.17, 15) is 0 Å². The molecule has 0 aromatic carbocycles. The SMILES string of the molecule is CCC(CN)CN(C)C1CCCCC1C. The Bertz CT molecular complexity index is 166. The van der Waals surface area contributed by atoms with Crippen molar-refractivity contribution in [2.75, 3.05) is 20.1 Å². The van der Waals surface area contributed by atoms with E-state index in [0.717, 1.165) is 18.5 Å². The van der Waals surface area contributed by atoms with Crippen LogP contribution >= 0.6 is 0 Å². The Kier molecular flexibility index (Phi) is 5.62. The molecule has 1 saturated carbocycles. The van der Waals surface area contributed by atoms with E-state index in [1.807, 2.05) is 0 Å². The summed E-state index contributed by atoms with van der Waals surface area (Å²) >= 11 is 0. The molecule has 1 rings (SSSR count). The highest BCUT2D eigenvalue weighted by molar-refractivity contribution is 4.80. The number of nitrogens with zero attached hydrogens (tertiary/aromatic N) is 1. The zero-order chi connectivity index (χ0) is 11.3. The van der Waals surface area contributed by atoms with Crippen LogP contribution in [0.3, 0.4) is 0 Å². The Morgan fingerprint density at radius 2 is 2.00 bits per heavy atom. The zero-order valence-electron chi connectivity index (χ0n) is 10.7. The largest absolute Gasteiger partial charge is 0.330 e. The molecule has 2 heteroatoms. The summed E-state index contributed by atoms with van der Waals surface area (Å²) in [5.74, 6) is 1.56. The third-order valence-electron chi connectivity index (χ3n) is 4.09. The van der Waals surface area contributed by atoms with Gasteiger partial charge in [-0.25, -0.2) is 0 Å². The van der Waals surface area contributed by atoms with Crippen LogP contribution in [0.15, 0.2) is 0 Å². The third kappa shape index (κ3) is 3.76. The molecule has 0 radical (unpaired) electrons. The quantitative estimate of drug-likeness (QED) is 0.758. The van der Waals surface area contributed by atoms with Crippen LogP contribution in [0.4, 0.5) is 0 Å². The fourth-order valence-electron chi connectivity index (χ4n) is 2.86. The van der Waals surface area contributed by atoms with E-state index in [1.165, 1.54) is 38.6 Å². The van der Waals surface area contributed by atoms with E-state index in [1.54, 1.807) is 0 Å². The van der Waals surface area contributed by atoms with E-state index in [0.29, 0.717) is 5.92 Å². The molecule has 0 spiro atoms. The Hall–Kier alpha value is -0.0800. The molecule has 0 heterocycles. The second-order valence-electron chi connectivity index (χ2n) is 5.28. The first-order chi connectivity index (χ1) is 7.19. The van der Waals surface area contributed by atoms with Crippen molar-refractivity contribution in [3.8, 4) is 0 Å². The first-order valence-electron chi connectivity index (χ1n) is 6.59. The number of rotatable bonds is 5. The van der Waals surface area contributed by atoms with E-state index in [-0.39, 0.29) is 0 Å². The average Bonchev–Trinajstić information content (AvgIpc) is 2.26. The van der Waals surface area contributed by atoms with E-state index < -0.39 is 0 Å². The minimum absolute atomic E-state index is 0.684. The fourth-order valence-corrected chi connectivity index (χ4v) is 2.86. The Labute approximate surface area is 95.2 Å². The summed E-state index contributed by atoms with van der Waals surface area (Å²) in [6.45, 7) is 6.67. The highest BCUT2D eigenvalue weighted by atomic mass is 15.1. The van der Waals surface area contributed by atoms with E-state index in [4.69, 9.17) is 5.73 Å². The Morgan fingerprint density at radius 1 is 1.33 bits per heavy atom. The summed E-state index contributed by atoms with van der Waals surface area (Å²) in [6.07, 6.45) is 6.85. The second kappa shape index (κ2) is 6.49. The molecular formula is C13H28N2. The molecule has 0 amide bonds. The standard InChI is InChI=1S/C13H28N2/c1-4-12(9-14)10-15(3)13-8-6-5-7-11(13)2/h11-13H,4-10,14H2,1-3H3. The number of nitrogens with two attached hydrogens (primary N) is 1. The monoisotopic (exact) mass is 212 g/mol. The molecule has 0 saturated heterocycles. The van der Waals surface area contributed by atoms with Crippen LogP contribution in [-0.2, 0) is 0 Å². The van der Waals surface area contributed by atoms with Gasteiger partial charge in [0.15, 0.2) is 0 Å². The summed E-state index contributed by atoms with van der Waals surface area (Å²) in [6, 6.07) is 0.805. The van der Waals surface area contributed by atoms with Crippen molar-refractivity contribution >= 4 is 0 Å². The summed E-state index contributed by atoms with van der Waals surface area (Å²) in [7, 11) is 2.28. The second-order valence-corrected chi connectivity index (χ2v) is 5.28. The lowest BCUT2D eigenvalue weighted by atomic mass is 9.84. The molecular weight excluding hydrogens is 184 g/mol. The molecule has 0 aromatic heterocycles. The predicted molar refractivity (Wildman–Crippen MR) is 66.9 cm³/mol. The Balaban J connectivity index is 2.40. The van der Waals surface area contributed by atoms with E-state index >= 15 is 0 Å². The summed E-state index contributed by atoms with van der Waals surface area (Å²) in [4.78, 5) is 2.56. The van der Waals surface area contributed by atoms with Crippen LogP contribution in [0.25, 0.3) is 0 Å². The minimum atomic E-state index is 0.684. The van der Waals surface area contributed by atoms with Gasteiger partial charge < -0.3 is 10.6 Å². The molecule has 90 valence electrons. The zero-order valence-corrected chi connectivity index (χ0v) is 10.7. The van der Waals surface area contributed by atoms with Gasteiger partial charge in [-0.3, -0.25) is 0 Å². The maximum absolute atomic E-state index is 5.77. The molecule has 1 aliphatic carbocycles. The number of hydrogen-bond acceptors (Lipinski definition) is 2. The molecule has 3 unspecified atom stereocenters. The van der Waals surface area contributed by atoms with Gasteiger partial charge in [0.1, 0.15) is 0 Å². The van der Waals surface area contributed by atoms with Crippen LogP contribution in [0.2, 0.25) is 0 Å². The van der Waals surface area contributed by atoms with Crippen LogP contribution in [0.1, 0.15) is 46.0 Å². The van der Waals surface area contributed by atoms with Crippen molar-refractivity contribution in [3.63, 3.8) is 0 Å². The lowest BCUT2D eigenvalue weighted by Gasteiger charge is -2.37. The van der Waals surface area contributed by atoms with Crippen LogP contribution in [0.5, 0.6) is 0 Å². The minimum Gasteiger partial charge on any atom is -0.330 e. The van der Waals surface area contributed by atoms with Crippen molar-refractivity contribution < 1.29 is 0 Å². The highest BCUT2D eigenvalue weighted by Crippen LogP contribution is 2.27. The van der Waals surface area contributed by atoms with Gasteiger partial charge in [0, 0.05) is 12.6 Å². The molecule has 1 fully saturated rings. The Morgan fingerprint density at radius 3 is 2.53 bits per heavy atom. The first-order valence-corrected chi connectivity index (χ1v) is 6.59.